The van der Waals surface area contributed by atoms with E-state index in [2.05, 4.69) is 36.1 Å². The third-order valence-electron chi connectivity index (χ3n) is 2.87. The van der Waals surface area contributed by atoms with E-state index in [4.69, 9.17) is 23.2 Å². The van der Waals surface area contributed by atoms with Gasteiger partial charge in [-0.2, -0.15) is 0 Å². The van der Waals surface area contributed by atoms with Crippen LogP contribution in [0, 0.1) is 0 Å². The van der Waals surface area contributed by atoms with Crippen LogP contribution in [0.4, 0.5) is 5.82 Å². The fourth-order valence-corrected chi connectivity index (χ4v) is 3.38. The Balaban J connectivity index is 2.38. The van der Waals surface area contributed by atoms with E-state index in [0.717, 1.165) is 27.8 Å². The molecule has 2 rings (SSSR count). The average molecular weight is 342 g/mol. The molecule has 0 aliphatic rings. The van der Waals surface area contributed by atoms with E-state index < -0.39 is 0 Å². The third-order valence-corrected chi connectivity index (χ3v) is 4.62. The summed E-state index contributed by atoms with van der Waals surface area (Å²) in [4.78, 5) is 9.77. The Hall–Kier alpha value is -0.970. The summed E-state index contributed by atoms with van der Waals surface area (Å²) >= 11 is 13.6. The van der Waals surface area contributed by atoms with E-state index in [0.29, 0.717) is 16.0 Å². The molecule has 0 saturated heterocycles. The number of hydrogen-bond donors (Lipinski definition) is 1. The molecule has 3 nitrogen and oxygen atoms in total. The second kappa shape index (κ2) is 7.34. The van der Waals surface area contributed by atoms with Crippen LogP contribution in [0.25, 0.3) is 0 Å². The molecule has 21 heavy (non-hydrogen) atoms. The lowest BCUT2D eigenvalue weighted by molar-refractivity contribution is 0.803. The minimum Gasteiger partial charge on any atom is -0.370 e. The molecular weight excluding hydrogens is 325 g/mol. The minimum absolute atomic E-state index is 0.325. The zero-order valence-electron chi connectivity index (χ0n) is 12.2. The van der Waals surface area contributed by atoms with Crippen LogP contribution in [0.1, 0.15) is 32.3 Å². The van der Waals surface area contributed by atoms with Gasteiger partial charge in [0.15, 0.2) is 0 Å². The zero-order valence-corrected chi connectivity index (χ0v) is 14.5. The molecule has 0 radical (unpaired) electrons. The second-order valence-electron chi connectivity index (χ2n) is 4.80. The molecule has 0 aliphatic heterocycles. The van der Waals surface area contributed by atoms with Crippen molar-refractivity contribution in [2.75, 3.05) is 11.9 Å². The molecular formula is C15H17Cl2N3S. The number of hydrogen-bond acceptors (Lipinski definition) is 4. The highest BCUT2D eigenvalue weighted by atomic mass is 35.5. The zero-order chi connectivity index (χ0) is 15.4. The minimum atomic E-state index is 0.325. The van der Waals surface area contributed by atoms with Crippen molar-refractivity contribution in [1.29, 1.82) is 0 Å². The standard InChI is InChI=1S/C15H17Cl2N3S/c1-4-18-14-13(9(2)3)15(20-8-19-14)21-10-5-6-11(16)12(17)7-10/h5-9H,4H2,1-3H3,(H,18,19,20). The first-order valence-electron chi connectivity index (χ1n) is 6.74. The van der Waals surface area contributed by atoms with Crippen LogP contribution in [0.15, 0.2) is 34.4 Å². The number of nitrogens with one attached hydrogen (secondary N) is 1. The van der Waals surface area contributed by atoms with Crippen molar-refractivity contribution in [3.8, 4) is 0 Å². The molecule has 6 heteroatoms. The summed E-state index contributed by atoms with van der Waals surface area (Å²) in [7, 11) is 0. The molecule has 0 atom stereocenters. The van der Waals surface area contributed by atoms with Crippen molar-refractivity contribution in [3.63, 3.8) is 0 Å². The Labute approximate surface area is 139 Å². The van der Waals surface area contributed by atoms with Gasteiger partial charge in [-0.15, -0.1) is 0 Å². The Bertz CT molecular complexity index is 632. The van der Waals surface area contributed by atoms with Crippen LogP contribution in [-0.2, 0) is 0 Å². The number of aromatic nitrogens is 2. The first kappa shape index (κ1) is 16.4. The van der Waals surface area contributed by atoms with Gasteiger partial charge >= 0.3 is 0 Å². The van der Waals surface area contributed by atoms with Gasteiger partial charge in [-0.25, -0.2) is 9.97 Å². The van der Waals surface area contributed by atoms with E-state index in [-0.39, 0.29) is 0 Å². The third kappa shape index (κ3) is 4.02. The maximum atomic E-state index is 6.07. The Morgan fingerprint density at radius 1 is 1.19 bits per heavy atom. The highest BCUT2D eigenvalue weighted by Crippen LogP contribution is 2.37. The predicted molar refractivity (Wildman–Crippen MR) is 90.9 cm³/mol. The molecule has 1 heterocycles. The van der Waals surface area contributed by atoms with E-state index >= 15 is 0 Å². The van der Waals surface area contributed by atoms with Crippen molar-refractivity contribution in [1.82, 2.24) is 9.97 Å². The normalized spacial score (nSPS) is 11.0. The Morgan fingerprint density at radius 3 is 2.57 bits per heavy atom. The molecule has 0 fully saturated rings. The molecule has 0 unspecified atom stereocenters. The van der Waals surface area contributed by atoms with E-state index in [1.807, 2.05) is 12.1 Å². The first-order valence-corrected chi connectivity index (χ1v) is 8.31. The molecule has 1 N–H and O–H groups in total. The molecule has 0 amide bonds. The maximum Gasteiger partial charge on any atom is 0.133 e. The van der Waals surface area contributed by atoms with E-state index in [1.54, 1.807) is 24.2 Å². The van der Waals surface area contributed by atoms with Gasteiger partial charge in [0.1, 0.15) is 17.2 Å². The van der Waals surface area contributed by atoms with Crippen LogP contribution >= 0.6 is 35.0 Å². The lowest BCUT2D eigenvalue weighted by atomic mass is 10.1. The summed E-state index contributed by atoms with van der Waals surface area (Å²) in [5.41, 5.74) is 1.12. The first-order chi connectivity index (χ1) is 10.0. The molecule has 1 aromatic heterocycles. The predicted octanol–water partition coefficient (Wildman–Crippen LogP) is 5.49. The lowest BCUT2D eigenvalue weighted by Gasteiger charge is -2.16. The van der Waals surface area contributed by atoms with Crippen LogP contribution < -0.4 is 5.32 Å². The van der Waals surface area contributed by atoms with Gasteiger partial charge in [0.05, 0.1) is 10.0 Å². The van der Waals surface area contributed by atoms with Gasteiger partial charge in [-0.05, 0) is 31.0 Å². The van der Waals surface area contributed by atoms with Crippen molar-refractivity contribution in [2.24, 2.45) is 0 Å². The SMILES string of the molecule is CCNc1ncnc(Sc2ccc(Cl)c(Cl)c2)c1C(C)C. The summed E-state index contributed by atoms with van der Waals surface area (Å²) in [6.45, 7) is 7.16. The van der Waals surface area contributed by atoms with Crippen LogP contribution in [0.2, 0.25) is 10.0 Å². The Morgan fingerprint density at radius 2 is 1.95 bits per heavy atom. The second-order valence-corrected chi connectivity index (χ2v) is 6.68. The van der Waals surface area contributed by atoms with Gasteiger partial charge in [0.2, 0.25) is 0 Å². The molecule has 0 saturated carbocycles. The molecule has 1 aromatic carbocycles. The average Bonchev–Trinajstić information content (AvgIpc) is 2.43. The van der Waals surface area contributed by atoms with Gasteiger partial charge in [-0.3, -0.25) is 0 Å². The summed E-state index contributed by atoms with van der Waals surface area (Å²) in [6, 6.07) is 5.60. The van der Waals surface area contributed by atoms with Gasteiger partial charge in [0.25, 0.3) is 0 Å². The van der Waals surface area contributed by atoms with Crippen molar-refractivity contribution < 1.29 is 0 Å². The van der Waals surface area contributed by atoms with Crippen molar-refractivity contribution in [2.45, 2.75) is 36.6 Å². The number of benzene rings is 1. The molecule has 0 bridgehead atoms. The largest absolute Gasteiger partial charge is 0.370 e. The summed E-state index contributed by atoms with van der Waals surface area (Å²) in [6.07, 6.45) is 1.59. The maximum absolute atomic E-state index is 6.07. The highest BCUT2D eigenvalue weighted by molar-refractivity contribution is 7.99. The number of nitrogens with zero attached hydrogens (tertiary/aromatic N) is 2. The highest BCUT2D eigenvalue weighted by Gasteiger charge is 2.16. The van der Waals surface area contributed by atoms with E-state index in [1.165, 1.54) is 0 Å². The van der Waals surface area contributed by atoms with Crippen molar-refractivity contribution >= 4 is 40.8 Å². The summed E-state index contributed by atoms with van der Waals surface area (Å²) in [5, 5.41) is 5.34. The van der Waals surface area contributed by atoms with Gasteiger partial charge < -0.3 is 5.32 Å². The van der Waals surface area contributed by atoms with Crippen LogP contribution in [0.5, 0.6) is 0 Å². The van der Waals surface area contributed by atoms with Crippen LogP contribution in [0.3, 0.4) is 0 Å². The number of halogens is 2. The van der Waals surface area contributed by atoms with Crippen molar-refractivity contribution in [3.05, 3.63) is 40.1 Å². The molecule has 2 aromatic rings. The molecule has 112 valence electrons. The lowest BCUT2D eigenvalue weighted by Crippen LogP contribution is -2.07. The summed E-state index contributed by atoms with van der Waals surface area (Å²) < 4.78 is 0. The van der Waals surface area contributed by atoms with Crippen LogP contribution in [-0.4, -0.2) is 16.5 Å². The van der Waals surface area contributed by atoms with Gasteiger partial charge in [0, 0.05) is 17.0 Å². The fraction of sp³-hybridized carbons (Fsp3) is 0.333. The van der Waals surface area contributed by atoms with E-state index in [9.17, 15) is 0 Å². The van der Waals surface area contributed by atoms with Gasteiger partial charge in [-0.1, -0.05) is 48.8 Å². The fourth-order valence-electron chi connectivity index (χ4n) is 1.94. The Kier molecular flexibility index (Phi) is 5.73. The number of anilines is 1. The monoisotopic (exact) mass is 341 g/mol. The number of rotatable bonds is 5. The molecule has 0 spiro atoms. The topological polar surface area (TPSA) is 37.8 Å². The smallest absolute Gasteiger partial charge is 0.133 e. The summed E-state index contributed by atoms with van der Waals surface area (Å²) in [5.74, 6) is 1.22. The molecule has 0 aliphatic carbocycles. The quantitative estimate of drug-likeness (QED) is 0.729.